The first-order valence-electron chi connectivity index (χ1n) is 11.1. The molecule has 3 aromatic carbocycles. The van der Waals surface area contributed by atoms with E-state index in [0.717, 1.165) is 11.1 Å². The van der Waals surface area contributed by atoms with Gasteiger partial charge in [0.1, 0.15) is 29.8 Å². The van der Waals surface area contributed by atoms with E-state index in [2.05, 4.69) is 15.8 Å². The number of nitrogens with zero attached hydrogens (tertiary/aromatic N) is 1. The third-order valence-electron chi connectivity index (χ3n) is 5.18. The Balaban J connectivity index is 1.52. The number of nitrogens with one attached hydrogen (secondary N) is 2. The van der Waals surface area contributed by atoms with Crippen molar-refractivity contribution >= 4 is 23.7 Å². The first-order chi connectivity index (χ1) is 16.9. The lowest BCUT2D eigenvalue weighted by Gasteiger charge is -2.18. The molecule has 35 heavy (non-hydrogen) atoms. The zero-order valence-corrected chi connectivity index (χ0v) is 19.8. The van der Waals surface area contributed by atoms with Crippen LogP contribution in [0.5, 0.6) is 11.5 Å². The highest BCUT2D eigenvalue weighted by Crippen LogP contribution is 2.19. The van der Waals surface area contributed by atoms with Crippen molar-refractivity contribution in [2.24, 2.45) is 16.9 Å². The summed E-state index contributed by atoms with van der Waals surface area (Å²) >= 11 is 0. The molecule has 0 saturated heterocycles. The van der Waals surface area contributed by atoms with Crippen LogP contribution in [0.25, 0.3) is 0 Å². The zero-order valence-electron chi connectivity index (χ0n) is 19.8. The Morgan fingerprint density at radius 1 is 0.914 bits per heavy atom. The van der Waals surface area contributed by atoms with Crippen LogP contribution in [0.1, 0.15) is 25.0 Å². The second-order valence-corrected chi connectivity index (χ2v) is 8.16. The van der Waals surface area contributed by atoms with Gasteiger partial charge in [-0.25, -0.2) is 9.82 Å². The highest BCUT2D eigenvalue weighted by molar-refractivity contribution is 6.06. The maximum atomic E-state index is 13.0. The van der Waals surface area contributed by atoms with Gasteiger partial charge < -0.3 is 14.8 Å². The number of methoxy groups -OCH3 is 1. The fraction of sp³-hybridized carbons (Fsp3) is 0.222. The van der Waals surface area contributed by atoms with Crippen molar-refractivity contribution in [2.45, 2.75) is 20.5 Å². The lowest BCUT2D eigenvalue weighted by molar-refractivity contribution is -0.134. The fourth-order valence-corrected chi connectivity index (χ4v) is 3.26. The summed E-state index contributed by atoms with van der Waals surface area (Å²) in [6.45, 7) is 3.91. The van der Waals surface area contributed by atoms with Crippen LogP contribution in [0.3, 0.4) is 0 Å². The highest BCUT2D eigenvalue weighted by atomic mass is 19.1. The normalized spacial score (nSPS) is 11.8. The molecule has 0 saturated carbocycles. The van der Waals surface area contributed by atoms with Crippen LogP contribution in [0.2, 0.25) is 0 Å². The third-order valence-corrected chi connectivity index (χ3v) is 5.18. The Labute approximate surface area is 204 Å². The number of halogens is 1. The SMILES string of the molecule is COc1ccc(NC(=O)C(C(=O)NN=Cc2ccc(OCc3ccc(F)cc3)cc2)C(C)C)cc1. The monoisotopic (exact) mass is 477 g/mol. The molecule has 3 rings (SSSR count). The smallest absolute Gasteiger partial charge is 0.252 e. The van der Waals surface area contributed by atoms with Crippen LogP contribution < -0.4 is 20.2 Å². The quantitative estimate of drug-likeness (QED) is 0.250. The Bertz CT molecular complexity index is 1140. The van der Waals surface area contributed by atoms with Gasteiger partial charge in [0.2, 0.25) is 5.91 Å². The van der Waals surface area contributed by atoms with E-state index in [9.17, 15) is 14.0 Å². The first kappa shape index (κ1) is 25.4. The summed E-state index contributed by atoms with van der Waals surface area (Å²) in [5, 5.41) is 6.75. The van der Waals surface area contributed by atoms with E-state index in [4.69, 9.17) is 9.47 Å². The zero-order chi connectivity index (χ0) is 25.2. The largest absolute Gasteiger partial charge is 0.497 e. The van der Waals surface area contributed by atoms with E-state index in [0.29, 0.717) is 23.8 Å². The molecule has 0 aliphatic rings. The molecule has 0 bridgehead atoms. The summed E-state index contributed by atoms with van der Waals surface area (Å²) in [5.74, 6) is -1.05. The van der Waals surface area contributed by atoms with Gasteiger partial charge in [-0.1, -0.05) is 26.0 Å². The number of rotatable bonds is 10. The van der Waals surface area contributed by atoms with Crippen LogP contribution in [-0.2, 0) is 16.2 Å². The molecule has 2 amide bonds. The van der Waals surface area contributed by atoms with Crippen molar-refractivity contribution in [3.05, 3.63) is 89.7 Å². The molecular formula is C27H28FN3O4. The van der Waals surface area contributed by atoms with Crippen LogP contribution in [0.4, 0.5) is 10.1 Å². The fourth-order valence-electron chi connectivity index (χ4n) is 3.26. The maximum absolute atomic E-state index is 13.0. The number of ether oxygens (including phenoxy) is 2. The number of hydrazone groups is 1. The van der Waals surface area contributed by atoms with Gasteiger partial charge in [0.15, 0.2) is 0 Å². The molecule has 0 radical (unpaired) electrons. The van der Waals surface area contributed by atoms with Crippen LogP contribution in [0, 0.1) is 17.7 Å². The maximum Gasteiger partial charge on any atom is 0.252 e. The molecule has 0 fully saturated rings. The molecule has 182 valence electrons. The summed E-state index contributed by atoms with van der Waals surface area (Å²) in [4.78, 5) is 25.4. The van der Waals surface area contributed by atoms with Crippen molar-refractivity contribution in [3.63, 3.8) is 0 Å². The Kier molecular flexibility index (Phi) is 8.95. The summed E-state index contributed by atoms with van der Waals surface area (Å²) in [6, 6.07) is 20.1. The van der Waals surface area contributed by atoms with Crippen molar-refractivity contribution in [1.82, 2.24) is 5.43 Å². The molecular weight excluding hydrogens is 449 g/mol. The number of carbonyl (C=O) groups excluding carboxylic acids is 2. The van der Waals surface area contributed by atoms with E-state index in [1.165, 1.54) is 18.3 Å². The molecule has 0 aliphatic heterocycles. The van der Waals surface area contributed by atoms with Crippen molar-refractivity contribution in [2.75, 3.05) is 12.4 Å². The lowest BCUT2D eigenvalue weighted by Crippen LogP contribution is -2.39. The summed E-state index contributed by atoms with van der Waals surface area (Å²) in [5.41, 5.74) is 4.62. The summed E-state index contributed by atoms with van der Waals surface area (Å²) < 4.78 is 23.8. The number of amides is 2. The Morgan fingerprint density at radius 3 is 2.14 bits per heavy atom. The minimum Gasteiger partial charge on any atom is -0.497 e. The Morgan fingerprint density at radius 2 is 1.54 bits per heavy atom. The molecule has 1 atom stereocenters. The molecule has 8 heteroatoms. The number of carbonyl (C=O) groups is 2. The molecule has 3 aromatic rings. The van der Waals surface area contributed by atoms with Crippen LogP contribution >= 0.6 is 0 Å². The number of anilines is 1. The average Bonchev–Trinajstić information content (AvgIpc) is 2.85. The third kappa shape index (κ3) is 7.67. The second kappa shape index (κ2) is 12.3. The average molecular weight is 478 g/mol. The number of benzene rings is 3. The predicted octanol–water partition coefficient (Wildman–Crippen LogP) is 4.77. The Hall–Kier alpha value is -4.20. The minimum atomic E-state index is -0.920. The van der Waals surface area contributed by atoms with Crippen LogP contribution in [-0.4, -0.2) is 25.1 Å². The van der Waals surface area contributed by atoms with Crippen LogP contribution in [0.15, 0.2) is 77.9 Å². The van der Waals surface area contributed by atoms with Crippen molar-refractivity contribution in [3.8, 4) is 11.5 Å². The van der Waals surface area contributed by atoms with E-state index >= 15 is 0 Å². The molecule has 1 unspecified atom stereocenters. The molecule has 0 aliphatic carbocycles. The van der Waals surface area contributed by atoms with E-state index < -0.39 is 17.7 Å². The lowest BCUT2D eigenvalue weighted by atomic mass is 9.94. The molecule has 0 aromatic heterocycles. The van der Waals surface area contributed by atoms with Crippen molar-refractivity contribution in [1.29, 1.82) is 0 Å². The van der Waals surface area contributed by atoms with Gasteiger partial charge in [-0.2, -0.15) is 5.10 Å². The minimum absolute atomic E-state index is 0.235. The van der Waals surface area contributed by atoms with Gasteiger partial charge in [0.25, 0.3) is 5.91 Å². The predicted molar refractivity (Wildman–Crippen MR) is 133 cm³/mol. The van der Waals surface area contributed by atoms with E-state index in [1.54, 1.807) is 81.6 Å². The number of hydrogen-bond donors (Lipinski definition) is 2. The van der Waals surface area contributed by atoms with Gasteiger partial charge in [-0.3, -0.25) is 9.59 Å². The second-order valence-electron chi connectivity index (χ2n) is 8.16. The first-order valence-corrected chi connectivity index (χ1v) is 11.1. The van der Waals surface area contributed by atoms with Gasteiger partial charge in [0.05, 0.1) is 13.3 Å². The highest BCUT2D eigenvalue weighted by Gasteiger charge is 2.29. The standard InChI is InChI=1S/C27H28FN3O4/c1-18(2)25(26(32)30-22-10-14-23(34-3)15-11-22)27(33)31-29-16-19-6-12-24(13-7-19)35-17-20-4-8-21(28)9-5-20/h4-16,18,25H,17H2,1-3H3,(H,30,32)(H,31,33). The van der Waals surface area contributed by atoms with Gasteiger partial charge in [0, 0.05) is 5.69 Å². The van der Waals surface area contributed by atoms with Gasteiger partial charge >= 0.3 is 0 Å². The topological polar surface area (TPSA) is 89.0 Å². The van der Waals surface area contributed by atoms with Gasteiger partial charge in [-0.15, -0.1) is 0 Å². The summed E-state index contributed by atoms with van der Waals surface area (Å²) in [7, 11) is 1.56. The molecule has 0 heterocycles. The van der Waals surface area contributed by atoms with E-state index in [1.807, 2.05) is 0 Å². The molecule has 7 nitrogen and oxygen atoms in total. The number of hydrogen-bond acceptors (Lipinski definition) is 5. The molecule has 2 N–H and O–H groups in total. The molecule has 0 spiro atoms. The summed E-state index contributed by atoms with van der Waals surface area (Å²) in [6.07, 6.45) is 1.49. The van der Waals surface area contributed by atoms with Crippen molar-refractivity contribution < 1.29 is 23.5 Å². The van der Waals surface area contributed by atoms with E-state index in [-0.39, 0.29) is 11.7 Å². The van der Waals surface area contributed by atoms with Gasteiger partial charge in [-0.05, 0) is 77.7 Å².